The van der Waals surface area contributed by atoms with E-state index in [0.29, 0.717) is 5.92 Å². The first-order valence-corrected chi connectivity index (χ1v) is 9.15. The van der Waals surface area contributed by atoms with Gasteiger partial charge in [0.15, 0.2) is 0 Å². The zero-order valence-electron chi connectivity index (χ0n) is 13.9. The van der Waals surface area contributed by atoms with E-state index in [1.165, 1.54) is 17.0 Å². The lowest BCUT2D eigenvalue weighted by Crippen LogP contribution is -2.37. The van der Waals surface area contributed by atoms with Gasteiger partial charge in [-0.15, -0.1) is 11.8 Å². The van der Waals surface area contributed by atoms with Crippen LogP contribution in [-0.4, -0.2) is 32.3 Å². The molecule has 1 amide bonds. The highest BCUT2D eigenvalue weighted by molar-refractivity contribution is 7.99. The van der Waals surface area contributed by atoms with Crippen LogP contribution in [0.5, 0.6) is 0 Å². The third-order valence-electron chi connectivity index (χ3n) is 4.40. The van der Waals surface area contributed by atoms with Crippen LogP contribution < -0.4 is 10.2 Å². The van der Waals surface area contributed by atoms with Gasteiger partial charge in [-0.1, -0.05) is 12.8 Å². The highest BCUT2D eigenvalue weighted by atomic mass is 32.2. The number of hydrogen-bond donors (Lipinski definition) is 1. The monoisotopic (exact) mass is 331 g/mol. The van der Waals surface area contributed by atoms with Gasteiger partial charge in [0.2, 0.25) is 5.91 Å². The average molecular weight is 331 g/mol. The summed E-state index contributed by atoms with van der Waals surface area (Å²) in [6.07, 6.45) is 4.37. The standard InChI is InChI=1S/C18H25N3OS/c1-21(2)15-7-9-16(10-8-15)23-13-14-5-3-4-6-17(14)18(22)20-12-11-19/h7-10,14,17H,3-6,12-13H2,1-2H3,(H,20,22). The van der Waals surface area contributed by atoms with Crippen LogP contribution in [0.25, 0.3) is 0 Å². The Kier molecular flexibility index (Phi) is 6.79. The van der Waals surface area contributed by atoms with Crippen LogP contribution in [0.15, 0.2) is 29.2 Å². The Morgan fingerprint density at radius 2 is 2.00 bits per heavy atom. The van der Waals surface area contributed by atoms with Crippen molar-refractivity contribution in [1.82, 2.24) is 5.32 Å². The number of nitrogens with zero attached hydrogens (tertiary/aromatic N) is 2. The number of nitriles is 1. The number of rotatable bonds is 6. The second-order valence-corrected chi connectivity index (χ2v) is 7.32. The van der Waals surface area contributed by atoms with Crippen LogP contribution in [0.1, 0.15) is 25.7 Å². The van der Waals surface area contributed by atoms with E-state index in [-0.39, 0.29) is 18.4 Å². The minimum Gasteiger partial charge on any atom is -0.378 e. The fraction of sp³-hybridized carbons (Fsp3) is 0.556. The fourth-order valence-electron chi connectivity index (χ4n) is 3.05. The molecule has 1 fully saturated rings. The molecule has 5 heteroatoms. The molecule has 0 heterocycles. The lowest BCUT2D eigenvalue weighted by molar-refractivity contribution is -0.127. The van der Waals surface area contributed by atoms with Gasteiger partial charge in [0.05, 0.1) is 6.07 Å². The lowest BCUT2D eigenvalue weighted by atomic mass is 9.80. The summed E-state index contributed by atoms with van der Waals surface area (Å²) in [5.41, 5.74) is 1.20. The van der Waals surface area contributed by atoms with Crippen molar-refractivity contribution in [3.63, 3.8) is 0 Å². The van der Waals surface area contributed by atoms with Gasteiger partial charge < -0.3 is 10.2 Å². The number of anilines is 1. The molecule has 2 atom stereocenters. The predicted octanol–water partition coefficient (Wildman–Crippen LogP) is 3.29. The number of carbonyl (C=O) groups is 1. The number of amides is 1. The van der Waals surface area contributed by atoms with E-state index in [9.17, 15) is 4.79 Å². The Morgan fingerprint density at radius 1 is 1.30 bits per heavy atom. The molecule has 0 bridgehead atoms. The molecule has 1 aromatic carbocycles. The molecule has 0 aromatic heterocycles. The Bertz CT molecular complexity index is 550. The molecule has 0 radical (unpaired) electrons. The summed E-state index contributed by atoms with van der Waals surface area (Å²) in [7, 11) is 4.07. The van der Waals surface area contributed by atoms with E-state index >= 15 is 0 Å². The molecule has 23 heavy (non-hydrogen) atoms. The Hall–Kier alpha value is -1.67. The Labute approximate surface area is 143 Å². The van der Waals surface area contributed by atoms with Gasteiger partial charge >= 0.3 is 0 Å². The summed E-state index contributed by atoms with van der Waals surface area (Å²) < 4.78 is 0. The molecule has 2 rings (SSSR count). The smallest absolute Gasteiger partial charge is 0.224 e. The van der Waals surface area contributed by atoms with Crippen LogP contribution in [-0.2, 0) is 4.79 Å². The van der Waals surface area contributed by atoms with Crippen molar-refractivity contribution in [3.05, 3.63) is 24.3 Å². The first-order valence-electron chi connectivity index (χ1n) is 8.16. The summed E-state index contributed by atoms with van der Waals surface area (Å²) in [5, 5.41) is 11.4. The normalized spacial score (nSPS) is 20.6. The quantitative estimate of drug-likeness (QED) is 0.642. The largest absolute Gasteiger partial charge is 0.378 e. The highest BCUT2D eigenvalue weighted by Gasteiger charge is 2.30. The third-order valence-corrected chi connectivity index (χ3v) is 5.61. The molecule has 0 saturated heterocycles. The molecule has 1 N–H and O–H groups in total. The molecular formula is C18H25N3OS. The van der Waals surface area contributed by atoms with Crippen LogP contribution in [0.2, 0.25) is 0 Å². The third kappa shape index (κ3) is 5.18. The maximum Gasteiger partial charge on any atom is 0.224 e. The van der Waals surface area contributed by atoms with Crippen molar-refractivity contribution >= 4 is 23.4 Å². The SMILES string of the molecule is CN(C)c1ccc(SCC2CCCCC2C(=O)NCC#N)cc1. The number of benzene rings is 1. The summed E-state index contributed by atoms with van der Waals surface area (Å²) in [6, 6.07) is 10.5. The highest BCUT2D eigenvalue weighted by Crippen LogP contribution is 2.35. The molecule has 1 aromatic rings. The summed E-state index contributed by atoms with van der Waals surface area (Å²) in [4.78, 5) is 15.6. The Morgan fingerprint density at radius 3 is 2.65 bits per heavy atom. The molecule has 2 unspecified atom stereocenters. The molecular weight excluding hydrogens is 306 g/mol. The van der Waals surface area contributed by atoms with Crippen LogP contribution in [0, 0.1) is 23.2 Å². The van der Waals surface area contributed by atoms with E-state index < -0.39 is 0 Å². The maximum absolute atomic E-state index is 12.2. The number of thioether (sulfide) groups is 1. The minimum absolute atomic E-state index is 0.0554. The molecule has 0 aliphatic heterocycles. The van der Waals surface area contributed by atoms with E-state index in [2.05, 4.69) is 34.5 Å². The molecule has 124 valence electrons. The zero-order chi connectivity index (χ0) is 16.7. The van der Waals surface area contributed by atoms with Crippen molar-refractivity contribution in [3.8, 4) is 6.07 Å². The van der Waals surface area contributed by atoms with Gasteiger partial charge in [-0.25, -0.2) is 0 Å². The average Bonchev–Trinajstić information content (AvgIpc) is 2.58. The van der Waals surface area contributed by atoms with Gasteiger partial charge in [0, 0.05) is 36.3 Å². The predicted molar refractivity (Wildman–Crippen MR) is 95.6 cm³/mol. The molecule has 4 nitrogen and oxygen atoms in total. The topological polar surface area (TPSA) is 56.1 Å². The molecule has 0 spiro atoms. The number of carbonyl (C=O) groups excluding carboxylic acids is 1. The van der Waals surface area contributed by atoms with Crippen LogP contribution in [0.4, 0.5) is 5.69 Å². The van der Waals surface area contributed by atoms with Crippen molar-refractivity contribution < 1.29 is 4.79 Å². The van der Waals surface area contributed by atoms with Crippen molar-refractivity contribution in [2.75, 3.05) is 31.3 Å². The van der Waals surface area contributed by atoms with Crippen molar-refractivity contribution in [1.29, 1.82) is 5.26 Å². The number of hydrogen-bond acceptors (Lipinski definition) is 4. The van der Waals surface area contributed by atoms with Crippen molar-refractivity contribution in [2.24, 2.45) is 11.8 Å². The first-order chi connectivity index (χ1) is 11.1. The van der Waals surface area contributed by atoms with Crippen LogP contribution >= 0.6 is 11.8 Å². The van der Waals surface area contributed by atoms with Gasteiger partial charge in [0.1, 0.15) is 6.54 Å². The van der Waals surface area contributed by atoms with E-state index in [1.807, 2.05) is 31.9 Å². The fourth-order valence-corrected chi connectivity index (χ4v) is 4.19. The van der Waals surface area contributed by atoms with E-state index in [0.717, 1.165) is 25.0 Å². The summed E-state index contributed by atoms with van der Waals surface area (Å²) in [6.45, 7) is 0.112. The van der Waals surface area contributed by atoms with Gasteiger partial charge in [0.25, 0.3) is 0 Å². The van der Waals surface area contributed by atoms with Crippen molar-refractivity contribution in [2.45, 2.75) is 30.6 Å². The second kappa shape index (κ2) is 8.83. The lowest BCUT2D eigenvalue weighted by Gasteiger charge is -2.30. The summed E-state index contributed by atoms with van der Waals surface area (Å²) in [5.74, 6) is 1.48. The van der Waals surface area contributed by atoms with Crippen LogP contribution in [0.3, 0.4) is 0 Å². The minimum atomic E-state index is 0.0554. The zero-order valence-corrected chi connectivity index (χ0v) is 14.7. The molecule has 1 aliphatic carbocycles. The van der Waals surface area contributed by atoms with Gasteiger partial charge in [-0.05, 0) is 43.0 Å². The Balaban J connectivity index is 1.91. The second-order valence-electron chi connectivity index (χ2n) is 6.23. The molecule has 1 aliphatic rings. The van der Waals surface area contributed by atoms with E-state index in [1.54, 1.807) is 0 Å². The first kappa shape index (κ1) is 17.7. The maximum atomic E-state index is 12.2. The van der Waals surface area contributed by atoms with Gasteiger partial charge in [-0.3, -0.25) is 4.79 Å². The van der Waals surface area contributed by atoms with E-state index in [4.69, 9.17) is 5.26 Å². The summed E-state index contributed by atoms with van der Waals surface area (Å²) >= 11 is 1.83. The number of nitrogens with one attached hydrogen (secondary N) is 1. The molecule has 1 saturated carbocycles. The van der Waals surface area contributed by atoms with Gasteiger partial charge in [-0.2, -0.15) is 5.26 Å².